The Morgan fingerprint density at radius 3 is 2.39 bits per heavy atom. The number of anilines is 1. The molecule has 0 atom stereocenters. The Morgan fingerprint density at radius 2 is 1.71 bits per heavy atom. The van der Waals surface area contributed by atoms with Gasteiger partial charge in [0.2, 0.25) is 12.3 Å². The molecule has 28 heavy (non-hydrogen) atoms. The normalized spacial score (nSPS) is 15.0. The minimum atomic E-state index is -0.188. The minimum absolute atomic E-state index is 0.188. The summed E-state index contributed by atoms with van der Waals surface area (Å²) in [4.78, 5) is 4.75. The monoisotopic (exact) mass is 382 g/mol. The maximum absolute atomic E-state index is 13.0. The number of ether oxygens (including phenoxy) is 1. The van der Waals surface area contributed by atoms with E-state index < -0.39 is 0 Å². The van der Waals surface area contributed by atoms with Crippen molar-refractivity contribution in [1.82, 2.24) is 15.1 Å². The summed E-state index contributed by atoms with van der Waals surface area (Å²) >= 11 is 0. The van der Waals surface area contributed by atoms with Crippen LogP contribution in [0.3, 0.4) is 0 Å². The summed E-state index contributed by atoms with van der Waals surface area (Å²) in [5.74, 6) is 1.15. The zero-order chi connectivity index (χ0) is 19.2. The molecule has 3 aromatic rings. The van der Waals surface area contributed by atoms with E-state index >= 15 is 0 Å². The molecule has 0 N–H and O–H groups in total. The molecule has 1 saturated heterocycles. The summed E-state index contributed by atoms with van der Waals surface area (Å²) in [7, 11) is 0. The van der Waals surface area contributed by atoms with Crippen LogP contribution in [0.4, 0.5) is 10.1 Å². The third kappa shape index (κ3) is 4.67. The second-order valence-electron chi connectivity index (χ2n) is 6.78. The molecule has 1 aliphatic heterocycles. The molecule has 0 bridgehead atoms. The summed E-state index contributed by atoms with van der Waals surface area (Å²) in [5.41, 5.74) is 1.97. The van der Waals surface area contributed by atoms with Gasteiger partial charge in [0.05, 0.1) is 6.61 Å². The summed E-state index contributed by atoms with van der Waals surface area (Å²) in [5, 5.41) is 7.57. The second-order valence-corrected chi connectivity index (χ2v) is 6.78. The van der Waals surface area contributed by atoms with Crippen LogP contribution in [0.1, 0.15) is 6.42 Å². The van der Waals surface area contributed by atoms with Crippen molar-refractivity contribution in [2.75, 3.05) is 44.2 Å². The maximum Gasteiger partial charge on any atom is 0.247 e. The first-order valence-corrected chi connectivity index (χ1v) is 9.50. The summed E-state index contributed by atoms with van der Waals surface area (Å²) in [6, 6.07) is 14.4. The van der Waals surface area contributed by atoms with Crippen molar-refractivity contribution in [3.05, 3.63) is 60.7 Å². The van der Waals surface area contributed by atoms with Crippen molar-refractivity contribution < 1.29 is 13.5 Å². The van der Waals surface area contributed by atoms with E-state index in [-0.39, 0.29) is 5.82 Å². The minimum Gasteiger partial charge on any atom is -0.494 e. The lowest BCUT2D eigenvalue weighted by Crippen LogP contribution is -2.46. The highest BCUT2D eigenvalue weighted by Crippen LogP contribution is 2.20. The van der Waals surface area contributed by atoms with Crippen LogP contribution in [0, 0.1) is 5.82 Å². The van der Waals surface area contributed by atoms with Gasteiger partial charge in [-0.3, -0.25) is 4.90 Å². The van der Waals surface area contributed by atoms with Crippen LogP contribution >= 0.6 is 0 Å². The average molecular weight is 382 g/mol. The van der Waals surface area contributed by atoms with Gasteiger partial charge in [-0.1, -0.05) is 0 Å². The lowest BCUT2D eigenvalue weighted by molar-refractivity contribution is 0.225. The molecule has 146 valence electrons. The molecular formula is C21H23FN4O2. The molecule has 0 unspecified atom stereocenters. The Labute approximate surface area is 163 Å². The summed E-state index contributed by atoms with van der Waals surface area (Å²) in [6.45, 7) is 5.63. The molecule has 1 fully saturated rings. The first-order chi connectivity index (χ1) is 13.8. The molecule has 1 aliphatic rings. The smallest absolute Gasteiger partial charge is 0.247 e. The predicted octanol–water partition coefficient (Wildman–Crippen LogP) is 3.47. The molecule has 4 rings (SSSR count). The number of nitrogens with zero attached hydrogens (tertiary/aromatic N) is 4. The Bertz CT molecular complexity index is 845. The molecule has 0 aliphatic carbocycles. The Balaban J connectivity index is 1.16. The van der Waals surface area contributed by atoms with Crippen LogP contribution in [0.25, 0.3) is 11.5 Å². The number of benzene rings is 2. The first kappa shape index (κ1) is 18.4. The maximum atomic E-state index is 13.0. The number of hydrogen-bond acceptors (Lipinski definition) is 6. The molecule has 0 saturated carbocycles. The zero-order valence-corrected chi connectivity index (χ0v) is 15.6. The fourth-order valence-corrected chi connectivity index (χ4v) is 3.35. The average Bonchev–Trinajstić information content (AvgIpc) is 3.28. The molecule has 7 heteroatoms. The van der Waals surface area contributed by atoms with Crippen molar-refractivity contribution >= 4 is 5.69 Å². The third-order valence-electron chi connectivity index (χ3n) is 4.91. The van der Waals surface area contributed by atoms with Crippen LogP contribution in [-0.4, -0.2) is 54.4 Å². The largest absolute Gasteiger partial charge is 0.494 e. The van der Waals surface area contributed by atoms with Crippen molar-refractivity contribution in [2.45, 2.75) is 6.42 Å². The highest BCUT2D eigenvalue weighted by Gasteiger charge is 2.16. The summed E-state index contributed by atoms with van der Waals surface area (Å²) < 4.78 is 24.1. The van der Waals surface area contributed by atoms with Crippen LogP contribution in [0.5, 0.6) is 5.75 Å². The van der Waals surface area contributed by atoms with E-state index in [0.29, 0.717) is 12.5 Å². The van der Waals surface area contributed by atoms with E-state index in [4.69, 9.17) is 9.15 Å². The standard InChI is InChI=1S/C21H23FN4O2/c22-18-4-6-19(7-5-18)26-13-11-25(12-14-26)10-1-15-27-20-8-2-17(3-9-20)21-24-23-16-28-21/h2-9,16H,1,10-15H2. The van der Waals surface area contributed by atoms with E-state index in [0.717, 1.165) is 56.1 Å². The van der Waals surface area contributed by atoms with Crippen molar-refractivity contribution in [3.63, 3.8) is 0 Å². The lowest BCUT2D eigenvalue weighted by atomic mass is 10.2. The molecule has 6 nitrogen and oxygen atoms in total. The van der Waals surface area contributed by atoms with Crippen LogP contribution in [0.2, 0.25) is 0 Å². The highest BCUT2D eigenvalue weighted by molar-refractivity contribution is 5.53. The topological polar surface area (TPSA) is 54.6 Å². The fourth-order valence-electron chi connectivity index (χ4n) is 3.35. The molecule has 2 heterocycles. The molecule has 0 radical (unpaired) electrons. The fraction of sp³-hybridized carbons (Fsp3) is 0.333. The predicted molar refractivity (Wildman–Crippen MR) is 105 cm³/mol. The van der Waals surface area contributed by atoms with Gasteiger partial charge in [-0.2, -0.15) is 0 Å². The van der Waals surface area contributed by atoms with Crippen molar-refractivity contribution in [2.24, 2.45) is 0 Å². The first-order valence-electron chi connectivity index (χ1n) is 9.50. The Hall–Kier alpha value is -2.93. The highest BCUT2D eigenvalue weighted by atomic mass is 19.1. The number of rotatable bonds is 7. The van der Waals surface area contributed by atoms with E-state index in [1.807, 2.05) is 36.4 Å². The van der Waals surface area contributed by atoms with Crippen molar-refractivity contribution in [3.8, 4) is 17.2 Å². The zero-order valence-electron chi connectivity index (χ0n) is 15.6. The van der Waals surface area contributed by atoms with Gasteiger partial charge >= 0.3 is 0 Å². The van der Waals surface area contributed by atoms with E-state index in [1.165, 1.54) is 18.5 Å². The summed E-state index contributed by atoms with van der Waals surface area (Å²) in [6.07, 6.45) is 2.29. The lowest BCUT2D eigenvalue weighted by Gasteiger charge is -2.36. The quantitative estimate of drug-likeness (QED) is 0.583. The Kier molecular flexibility index (Phi) is 5.82. The van der Waals surface area contributed by atoms with Crippen LogP contribution in [0.15, 0.2) is 59.3 Å². The molecule has 2 aromatic carbocycles. The number of piperazine rings is 1. The van der Waals surface area contributed by atoms with E-state index in [1.54, 1.807) is 0 Å². The van der Waals surface area contributed by atoms with Gasteiger partial charge in [-0.05, 0) is 55.0 Å². The van der Waals surface area contributed by atoms with Crippen LogP contribution in [-0.2, 0) is 0 Å². The van der Waals surface area contributed by atoms with Crippen LogP contribution < -0.4 is 9.64 Å². The number of hydrogen-bond donors (Lipinski definition) is 0. The van der Waals surface area contributed by atoms with Gasteiger partial charge in [0.15, 0.2) is 0 Å². The van der Waals surface area contributed by atoms with Gasteiger partial charge in [0, 0.05) is 44.0 Å². The SMILES string of the molecule is Fc1ccc(N2CCN(CCCOc3ccc(-c4nnco4)cc3)CC2)cc1. The number of aromatic nitrogens is 2. The van der Waals surface area contributed by atoms with Gasteiger partial charge < -0.3 is 14.1 Å². The van der Waals surface area contributed by atoms with E-state index in [2.05, 4.69) is 20.0 Å². The molecule has 0 amide bonds. The van der Waals surface area contributed by atoms with Gasteiger partial charge in [0.1, 0.15) is 11.6 Å². The number of halogens is 1. The molecular weight excluding hydrogens is 359 g/mol. The molecule has 1 aromatic heterocycles. The van der Waals surface area contributed by atoms with Gasteiger partial charge in [-0.15, -0.1) is 10.2 Å². The molecule has 0 spiro atoms. The van der Waals surface area contributed by atoms with Gasteiger partial charge in [-0.25, -0.2) is 4.39 Å². The Morgan fingerprint density at radius 1 is 0.964 bits per heavy atom. The van der Waals surface area contributed by atoms with E-state index in [9.17, 15) is 4.39 Å². The third-order valence-corrected chi connectivity index (χ3v) is 4.91. The second kappa shape index (κ2) is 8.84. The van der Waals surface area contributed by atoms with Gasteiger partial charge in [0.25, 0.3) is 0 Å². The van der Waals surface area contributed by atoms with Crippen molar-refractivity contribution in [1.29, 1.82) is 0 Å².